The van der Waals surface area contributed by atoms with E-state index in [4.69, 9.17) is 10.5 Å². The summed E-state index contributed by atoms with van der Waals surface area (Å²) in [6.45, 7) is 5.27. The molecule has 4 nitrogen and oxygen atoms in total. The van der Waals surface area contributed by atoms with E-state index in [0.717, 1.165) is 0 Å². The molecule has 1 aromatic carbocycles. The van der Waals surface area contributed by atoms with Crippen LogP contribution in [0.5, 0.6) is 0 Å². The Morgan fingerprint density at radius 1 is 1.29 bits per heavy atom. The molecule has 0 saturated heterocycles. The van der Waals surface area contributed by atoms with Gasteiger partial charge in [-0.05, 0) is 26.3 Å². The van der Waals surface area contributed by atoms with Crippen LogP contribution in [0.25, 0.3) is 0 Å². The molecule has 4 heteroatoms. The maximum Gasteiger partial charge on any atom is 0.326 e. The summed E-state index contributed by atoms with van der Waals surface area (Å²) in [7, 11) is 0. The Kier molecular flexibility index (Phi) is 4.26. The van der Waals surface area contributed by atoms with Gasteiger partial charge in [0.15, 0.2) is 0 Å². The Morgan fingerprint density at radius 2 is 1.82 bits per heavy atom. The summed E-state index contributed by atoms with van der Waals surface area (Å²) in [5, 5.41) is 9.93. The first kappa shape index (κ1) is 13.7. The molecule has 1 aromatic rings. The highest BCUT2D eigenvalue weighted by atomic mass is 16.6. The third kappa shape index (κ3) is 4.17. The molecule has 0 amide bonds. The van der Waals surface area contributed by atoms with Gasteiger partial charge in [-0.25, -0.2) is 0 Å². The van der Waals surface area contributed by atoms with E-state index in [9.17, 15) is 9.90 Å². The van der Waals surface area contributed by atoms with E-state index < -0.39 is 23.7 Å². The molecule has 0 aliphatic heterocycles. The summed E-state index contributed by atoms with van der Waals surface area (Å²) in [5.41, 5.74) is 5.67. The van der Waals surface area contributed by atoms with Crippen molar-refractivity contribution in [2.24, 2.45) is 5.73 Å². The third-order valence-electron chi connectivity index (χ3n) is 2.16. The van der Waals surface area contributed by atoms with Crippen molar-refractivity contribution in [3.63, 3.8) is 0 Å². The summed E-state index contributed by atoms with van der Waals surface area (Å²) < 4.78 is 5.12. The van der Waals surface area contributed by atoms with Crippen LogP contribution < -0.4 is 5.73 Å². The minimum Gasteiger partial charge on any atom is -0.459 e. The molecule has 0 aliphatic rings. The minimum atomic E-state index is -1.07. The lowest BCUT2D eigenvalue weighted by Gasteiger charge is -2.24. The molecule has 0 aliphatic carbocycles. The predicted octanol–water partition coefficient (Wildman–Crippen LogP) is 1.39. The summed E-state index contributed by atoms with van der Waals surface area (Å²) in [6, 6.07) is 7.75. The Hall–Kier alpha value is -1.39. The van der Waals surface area contributed by atoms with Gasteiger partial charge in [0.25, 0.3) is 0 Å². The quantitative estimate of drug-likeness (QED) is 0.779. The van der Waals surface area contributed by atoms with Crippen LogP contribution in [0.4, 0.5) is 0 Å². The molecule has 0 unspecified atom stereocenters. The van der Waals surface area contributed by atoms with Gasteiger partial charge in [0, 0.05) is 0 Å². The van der Waals surface area contributed by atoms with Crippen LogP contribution in [0.15, 0.2) is 30.3 Å². The molecule has 2 atom stereocenters. The number of hydrogen-bond acceptors (Lipinski definition) is 4. The molecule has 94 valence electrons. The second-order valence-corrected chi connectivity index (χ2v) is 4.91. The number of esters is 1. The van der Waals surface area contributed by atoms with Crippen molar-refractivity contribution in [3.8, 4) is 0 Å². The van der Waals surface area contributed by atoms with Crippen molar-refractivity contribution in [2.75, 3.05) is 0 Å². The molecule has 3 N–H and O–H groups in total. The predicted molar refractivity (Wildman–Crippen MR) is 65.2 cm³/mol. The third-order valence-corrected chi connectivity index (χ3v) is 2.16. The van der Waals surface area contributed by atoms with Crippen LogP contribution in [0.2, 0.25) is 0 Å². The van der Waals surface area contributed by atoms with Crippen molar-refractivity contribution in [1.82, 2.24) is 0 Å². The number of carbonyl (C=O) groups excluding carboxylic acids is 1. The molecular formula is C13H19NO3. The first-order valence-corrected chi connectivity index (χ1v) is 5.53. The lowest BCUT2D eigenvalue weighted by atomic mass is 10.0. The van der Waals surface area contributed by atoms with Gasteiger partial charge in [-0.15, -0.1) is 0 Å². The molecule has 0 radical (unpaired) electrons. The highest BCUT2D eigenvalue weighted by Crippen LogP contribution is 2.18. The molecular weight excluding hydrogens is 218 g/mol. The van der Waals surface area contributed by atoms with Gasteiger partial charge in [-0.1, -0.05) is 30.3 Å². The van der Waals surface area contributed by atoms with Gasteiger partial charge >= 0.3 is 5.97 Å². The van der Waals surface area contributed by atoms with Crippen LogP contribution in [-0.2, 0) is 9.53 Å². The van der Waals surface area contributed by atoms with E-state index in [1.807, 2.05) is 6.07 Å². The van der Waals surface area contributed by atoms with Crippen LogP contribution in [-0.4, -0.2) is 22.7 Å². The van der Waals surface area contributed by atoms with E-state index in [-0.39, 0.29) is 0 Å². The second-order valence-electron chi connectivity index (χ2n) is 4.91. The van der Waals surface area contributed by atoms with Gasteiger partial charge in [-0.3, -0.25) is 4.79 Å². The number of carbonyl (C=O) groups is 1. The summed E-state index contributed by atoms with van der Waals surface area (Å²) in [6.07, 6.45) is -1.05. The van der Waals surface area contributed by atoms with Crippen molar-refractivity contribution >= 4 is 5.97 Å². The van der Waals surface area contributed by atoms with E-state index in [1.54, 1.807) is 45.0 Å². The standard InChI is InChI=1S/C13H19NO3/c1-13(2,3)17-12(16)10(14)11(15)9-7-5-4-6-8-9/h4-8,10-11,15H,14H2,1-3H3/t10-,11-/m0/s1. The zero-order chi connectivity index (χ0) is 13.1. The Balaban J connectivity index is 2.70. The van der Waals surface area contributed by atoms with E-state index in [2.05, 4.69) is 0 Å². The fourth-order valence-electron chi connectivity index (χ4n) is 1.36. The van der Waals surface area contributed by atoms with Gasteiger partial charge in [0.05, 0.1) is 0 Å². The zero-order valence-corrected chi connectivity index (χ0v) is 10.4. The van der Waals surface area contributed by atoms with Crippen LogP contribution in [0, 0.1) is 0 Å². The zero-order valence-electron chi connectivity index (χ0n) is 10.4. The van der Waals surface area contributed by atoms with Gasteiger partial charge in [-0.2, -0.15) is 0 Å². The number of ether oxygens (including phenoxy) is 1. The fraction of sp³-hybridized carbons (Fsp3) is 0.462. The summed E-state index contributed by atoms with van der Waals surface area (Å²) in [5.74, 6) is -0.603. The van der Waals surface area contributed by atoms with Gasteiger partial charge in [0.2, 0.25) is 0 Å². The topological polar surface area (TPSA) is 72.5 Å². The van der Waals surface area contributed by atoms with Crippen molar-refractivity contribution in [2.45, 2.75) is 38.5 Å². The average Bonchev–Trinajstić information content (AvgIpc) is 2.26. The van der Waals surface area contributed by atoms with Crippen LogP contribution >= 0.6 is 0 Å². The molecule has 0 spiro atoms. The molecule has 0 fully saturated rings. The van der Waals surface area contributed by atoms with Crippen LogP contribution in [0.1, 0.15) is 32.4 Å². The Bertz CT molecular complexity index is 370. The van der Waals surface area contributed by atoms with Crippen molar-refractivity contribution in [1.29, 1.82) is 0 Å². The Morgan fingerprint density at radius 3 is 2.29 bits per heavy atom. The molecule has 0 heterocycles. The second kappa shape index (κ2) is 5.29. The summed E-state index contributed by atoms with van der Waals surface area (Å²) >= 11 is 0. The average molecular weight is 237 g/mol. The molecule has 0 aromatic heterocycles. The maximum absolute atomic E-state index is 11.7. The molecule has 17 heavy (non-hydrogen) atoms. The first-order valence-electron chi connectivity index (χ1n) is 5.53. The van der Waals surface area contributed by atoms with Crippen LogP contribution in [0.3, 0.4) is 0 Å². The SMILES string of the molecule is CC(C)(C)OC(=O)[C@@H](N)[C@@H](O)c1ccccc1. The van der Waals surface area contributed by atoms with Gasteiger partial charge in [0.1, 0.15) is 17.7 Å². The minimum absolute atomic E-state index is 0.603. The fourth-order valence-corrected chi connectivity index (χ4v) is 1.36. The van der Waals surface area contributed by atoms with E-state index in [0.29, 0.717) is 5.56 Å². The number of benzene rings is 1. The molecule has 0 saturated carbocycles. The number of aliphatic hydroxyl groups excluding tert-OH is 1. The number of aliphatic hydroxyl groups is 1. The van der Waals surface area contributed by atoms with Gasteiger partial charge < -0.3 is 15.6 Å². The van der Waals surface area contributed by atoms with Crippen molar-refractivity contribution < 1.29 is 14.6 Å². The lowest BCUT2D eigenvalue weighted by Crippen LogP contribution is -2.41. The lowest BCUT2D eigenvalue weighted by molar-refractivity contribution is -0.159. The smallest absolute Gasteiger partial charge is 0.326 e. The largest absolute Gasteiger partial charge is 0.459 e. The first-order chi connectivity index (χ1) is 7.81. The monoisotopic (exact) mass is 237 g/mol. The van der Waals surface area contributed by atoms with Crippen molar-refractivity contribution in [3.05, 3.63) is 35.9 Å². The van der Waals surface area contributed by atoms with E-state index >= 15 is 0 Å². The normalized spacial score (nSPS) is 15.1. The van der Waals surface area contributed by atoms with E-state index in [1.165, 1.54) is 0 Å². The highest BCUT2D eigenvalue weighted by Gasteiger charge is 2.28. The number of hydrogen-bond donors (Lipinski definition) is 2. The maximum atomic E-state index is 11.7. The Labute approximate surface area is 101 Å². The number of nitrogens with two attached hydrogens (primary N) is 1. The summed E-state index contributed by atoms with van der Waals surface area (Å²) in [4.78, 5) is 11.7. The molecule has 1 rings (SSSR count). The molecule has 0 bridgehead atoms. The number of rotatable bonds is 3. The highest BCUT2D eigenvalue weighted by molar-refractivity contribution is 5.77.